The summed E-state index contributed by atoms with van der Waals surface area (Å²) < 4.78 is 0. The summed E-state index contributed by atoms with van der Waals surface area (Å²) in [5, 5.41) is 34.6. The minimum Gasteiger partial charge on any atom is -0.395 e. The number of aliphatic hydroxyl groups excluding tert-OH is 3. The van der Waals surface area contributed by atoms with E-state index in [9.17, 15) is 19.8 Å². The Morgan fingerprint density at radius 1 is 0.842 bits per heavy atom. The van der Waals surface area contributed by atoms with E-state index < -0.39 is 24.2 Å². The van der Waals surface area contributed by atoms with E-state index in [2.05, 4.69) is 5.32 Å². The third kappa shape index (κ3) is 10.4. The maximum absolute atomic E-state index is 14.4. The van der Waals surface area contributed by atoms with E-state index in [1.807, 2.05) is 18.7 Å². The highest BCUT2D eigenvalue weighted by atomic mass is 16.3. The molecule has 3 rings (SSSR count). The van der Waals surface area contributed by atoms with Crippen LogP contribution in [0.2, 0.25) is 0 Å². The van der Waals surface area contributed by atoms with Gasteiger partial charge in [0.1, 0.15) is 6.10 Å². The van der Waals surface area contributed by atoms with Crippen molar-refractivity contribution >= 4 is 11.8 Å². The number of rotatable bonds is 16. The predicted molar refractivity (Wildman–Crippen MR) is 150 cm³/mol. The van der Waals surface area contributed by atoms with Gasteiger partial charge in [-0.15, -0.1) is 0 Å². The van der Waals surface area contributed by atoms with E-state index in [1.54, 1.807) is 0 Å². The molecular weight excluding hydrogens is 480 g/mol. The van der Waals surface area contributed by atoms with Crippen molar-refractivity contribution in [2.24, 2.45) is 29.6 Å². The molecule has 0 aromatic rings. The third-order valence-corrected chi connectivity index (χ3v) is 9.19. The number of carbonyl (C=O) groups excluding carboxylic acids is 2. The molecule has 7 nitrogen and oxygen atoms in total. The van der Waals surface area contributed by atoms with Gasteiger partial charge < -0.3 is 25.5 Å². The van der Waals surface area contributed by atoms with E-state index in [4.69, 9.17) is 5.11 Å². The lowest BCUT2D eigenvalue weighted by molar-refractivity contribution is -0.148. The van der Waals surface area contributed by atoms with E-state index in [0.29, 0.717) is 37.1 Å². The van der Waals surface area contributed by atoms with Crippen LogP contribution in [-0.4, -0.2) is 70.0 Å². The highest BCUT2D eigenvalue weighted by Crippen LogP contribution is 2.38. The molecular formula is C31H56N2O5. The Morgan fingerprint density at radius 2 is 1.42 bits per heavy atom. The van der Waals surface area contributed by atoms with Gasteiger partial charge in [-0.2, -0.15) is 0 Å². The molecule has 7 heteroatoms. The van der Waals surface area contributed by atoms with Crippen molar-refractivity contribution in [3.63, 3.8) is 0 Å². The molecule has 0 bridgehead atoms. The second-order valence-electron chi connectivity index (χ2n) is 13.1. The Hall–Kier alpha value is -1.18. The number of hydrogen-bond donors (Lipinski definition) is 4. The topological polar surface area (TPSA) is 110 Å². The maximum Gasteiger partial charge on any atom is 0.226 e. The number of hydrogen-bond acceptors (Lipinski definition) is 5. The smallest absolute Gasteiger partial charge is 0.226 e. The van der Waals surface area contributed by atoms with E-state index in [1.165, 1.54) is 38.5 Å². The standard InChI is InChI=1S/C31H56N2O5/c1-22(2)17-28(35)30(37)27(19-23-9-5-3-6-10-23)33(21-25-11-7-4-8-12-25)31(38)26(18-24-13-14-24)20-29(36)32-15-16-34/h22-28,30,34-35,37H,3-21H2,1-2H3,(H,32,36)/t26-,27+,28+,30-/m1/s1. The molecule has 3 aliphatic carbocycles. The number of nitrogens with one attached hydrogen (secondary N) is 1. The lowest BCUT2D eigenvalue weighted by Gasteiger charge is -2.43. The zero-order chi connectivity index (χ0) is 27.5. The third-order valence-electron chi connectivity index (χ3n) is 9.19. The second-order valence-corrected chi connectivity index (χ2v) is 13.1. The molecule has 0 aromatic heterocycles. The average molecular weight is 537 g/mol. The molecule has 4 N–H and O–H groups in total. The summed E-state index contributed by atoms with van der Waals surface area (Å²) in [4.78, 5) is 29.1. The molecule has 4 atom stereocenters. The number of nitrogens with zero attached hydrogens (tertiary/aromatic N) is 1. The molecule has 0 saturated heterocycles. The Bertz CT molecular complexity index is 700. The summed E-state index contributed by atoms with van der Waals surface area (Å²) in [5.74, 6) is 0.952. The quantitative estimate of drug-likeness (QED) is 0.233. The van der Waals surface area contributed by atoms with Gasteiger partial charge in [0, 0.05) is 25.4 Å². The zero-order valence-electron chi connectivity index (χ0n) is 24.2. The molecule has 0 heterocycles. The van der Waals surface area contributed by atoms with Crippen LogP contribution in [0.15, 0.2) is 0 Å². The molecule has 2 amide bonds. The van der Waals surface area contributed by atoms with Crippen molar-refractivity contribution in [2.75, 3.05) is 19.7 Å². The molecule has 38 heavy (non-hydrogen) atoms. The van der Waals surface area contributed by atoms with Gasteiger partial charge in [0.05, 0.1) is 18.8 Å². The normalized spacial score (nSPS) is 22.6. The fraction of sp³-hybridized carbons (Fsp3) is 0.935. The van der Waals surface area contributed by atoms with Crippen LogP contribution in [0, 0.1) is 29.6 Å². The van der Waals surface area contributed by atoms with Crippen LogP contribution in [0.4, 0.5) is 0 Å². The molecule has 0 unspecified atom stereocenters. The molecule has 0 spiro atoms. The Labute approximate surface area is 231 Å². The van der Waals surface area contributed by atoms with Gasteiger partial charge in [0.2, 0.25) is 11.8 Å². The minimum atomic E-state index is -0.989. The van der Waals surface area contributed by atoms with Crippen LogP contribution in [0.5, 0.6) is 0 Å². The molecule has 0 aliphatic heterocycles. The molecule has 0 aromatic carbocycles. The summed E-state index contributed by atoms with van der Waals surface area (Å²) >= 11 is 0. The molecule has 0 radical (unpaired) electrons. The first-order valence-electron chi connectivity index (χ1n) is 15.8. The van der Waals surface area contributed by atoms with E-state index >= 15 is 0 Å². The first-order valence-corrected chi connectivity index (χ1v) is 15.8. The first-order chi connectivity index (χ1) is 18.3. The SMILES string of the molecule is CC(C)C[C@H](O)[C@H](O)[C@H](CC1CCCCC1)N(CC1CCCCC1)C(=O)[C@@H](CC(=O)NCCO)CC1CC1. The van der Waals surface area contributed by atoms with Gasteiger partial charge in [0.25, 0.3) is 0 Å². The molecule has 220 valence electrons. The van der Waals surface area contributed by atoms with Crippen molar-refractivity contribution in [1.29, 1.82) is 0 Å². The van der Waals surface area contributed by atoms with Crippen LogP contribution < -0.4 is 5.32 Å². The fourth-order valence-corrected chi connectivity index (χ4v) is 6.88. The lowest BCUT2D eigenvalue weighted by atomic mass is 9.80. The van der Waals surface area contributed by atoms with Gasteiger partial charge >= 0.3 is 0 Å². The summed E-state index contributed by atoms with van der Waals surface area (Å²) in [6.45, 7) is 4.78. The summed E-state index contributed by atoms with van der Waals surface area (Å²) in [6.07, 6.45) is 14.0. The van der Waals surface area contributed by atoms with Gasteiger partial charge in [-0.1, -0.05) is 78.1 Å². The highest BCUT2D eigenvalue weighted by molar-refractivity contribution is 5.86. The first kappa shape index (κ1) is 31.3. The van der Waals surface area contributed by atoms with Crippen LogP contribution in [0.1, 0.15) is 117 Å². The second kappa shape index (κ2) is 16.2. The summed E-state index contributed by atoms with van der Waals surface area (Å²) in [6, 6.07) is -0.427. The van der Waals surface area contributed by atoms with Crippen LogP contribution >= 0.6 is 0 Å². The molecule has 3 aliphatic rings. The van der Waals surface area contributed by atoms with Gasteiger partial charge in [-0.25, -0.2) is 0 Å². The van der Waals surface area contributed by atoms with Crippen LogP contribution in [0.25, 0.3) is 0 Å². The number of aliphatic hydroxyl groups is 3. The summed E-state index contributed by atoms with van der Waals surface area (Å²) in [5.41, 5.74) is 0. The Balaban J connectivity index is 1.88. The van der Waals surface area contributed by atoms with Crippen molar-refractivity contribution in [1.82, 2.24) is 10.2 Å². The maximum atomic E-state index is 14.4. The van der Waals surface area contributed by atoms with Gasteiger partial charge in [-0.3, -0.25) is 9.59 Å². The lowest BCUT2D eigenvalue weighted by Crippen LogP contribution is -2.55. The minimum absolute atomic E-state index is 0.0155. The largest absolute Gasteiger partial charge is 0.395 e. The van der Waals surface area contributed by atoms with Crippen molar-refractivity contribution in [3.05, 3.63) is 0 Å². The predicted octanol–water partition coefficient (Wildman–Crippen LogP) is 4.42. The fourth-order valence-electron chi connectivity index (χ4n) is 6.88. The zero-order valence-corrected chi connectivity index (χ0v) is 24.2. The monoisotopic (exact) mass is 536 g/mol. The average Bonchev–Trinajstić information content (AvgIpc) is 3.73. The Morgan fingerprint density at radius 3 is 1.97 bits per heavy atom. The number of carbonyl (C=O) groups is 2. The van der Waals surface area contributed by atoms with E-state index in [-0.39, 0.29) is 37.3 Å². The van der Waals surface area contributed by atoms with Crippen molar-refractivity contribution in [2.45, 2.75) is 135 Å². The van der Waals surface area contributed by atoms with Gasteiger partial charge in [0.15, 0.2) is 0 Å². The van der Waals surface area contributed by atoms with Gasteiger partial charge in [-0.05, 0) is 55.8 Å². The summed E-state index contributed by atoms with van der Waals surface area (Å²) in [7, 11) is 0. The molecule has 3 fully saturated rings. The highest BCUT2D eigenvalue weighted by Gasteiger charge is 2.41. The molecule has 3 saturated carbocycles. The van der Waals surface area contributed by atoms with E-state index in [0.717, 1.165) is 44.9 Å². The van der Waals surface area contributed by atoms with Crippen molar-refractivity contribution < 1.29 is 24.9 Å². The van der Waals surface area contributed by atoms with Crippen molar-refractivity contribution in [3.8, 4) is 0 Å². The van der Waals surface area contributed by atoms with Crippen LogP contribution in [-0.2, 0) is 9.59 Å². The number of amides is 2. The van der Waals surface area contributed by atoms with Crippen LogP contribution in [0.3, 0.4) is 0 Å². The Kier molecular flexibility index (Phi) is 13.3.